The van der Waals surface area contributed by atoms with Gasteiger partial charge in [0.05, 0.1) is 15.6 Å². The summed E-state index contributed by atoms with van der Waals surface area (Å²) in [7, 11) is -3.82. The Bertz CT molecular complexity index is 779. The molecule has 0 bridgehead atoms. The molecule has 2 aromatic carbocycles. The molecule has 0 aliphatic heterocycles. The number of nitrogens with one attached hydrogen (secondary N) is 1. The third-order valence-corrected chi connectivity index (χ3v) is 4.69. The highest BCUT2D eigenvalue weighted by Crippen LogP contribution is 2.25. The van der Waals surface area contributed by atoms with Gasteiger partial charge in [-0.25, -0.2) is 12.8 Å². The van der Waals surface area contributed by atoms with E-state index in [1.54, 1.807) is 12.1 Å². The van der Waals surface area contributed by atoms with E-state index in [-0.39, 0.29) is 15.6 Å². The van der Waals surface area contributed by atoms with Crippen molar-refractivity contribution in [2.75, 3.05) is 10.5 Å². The average molecular weight is 329 g/mol. The van der Waals surface area contributed by atoms with Crippen LogP contribution in [0.25, 0.3) is 0 Å². The molecule has 0 saturated carbocycles. The molecule has 2 rings (SSSR count). The Balaban J connectivity index is 2.42. The van der Waals surface area contributed by atoms with Crippen LogP contribution in [-0.2, 0) is 16.4 Å². The molecule has 0 saturated heterocycles. The fourth-order valence-corrected chi connectivity index (χ4v) is 3.46. The van der Waals surface area contributed by atoms with Crippen LogP contribution in [0.1, 0.15) is 12.5 Å². The van der Waals surface area contributed by atoms with E-state index in [0.717, 1.165) is 6.07 Å². The van der Waals surface area contributed by atoms with Crippen molar-refractivity contribution in [3.8, 4) is 0 Å². The molecule has 0 aromatic heterocycles. The number of benzene rings is 2. The Morgan fingerprint density at radius 3 is 2.57 bits per heavy atom. The predicted octanol–water partition coefficient (Wildman–Crippen LogP) is 3.42. The van der Waals surface area contributed by atoms with Gasteiger partial charge in [0.25, 0.3) is 10.0 Å². The molecule has 0 heterocycles. The van der Waals surface area contributed by atoms with Gasteiger partial charge in [0.2, 0.25) is 0 Å². The van der Waals surface area contributed by atoms with Gasteiger partial charge in [0.15, 0.2) is 0 Å². The zero-order valence-corrected chi connectivity index (χ0v) is 12.8. The topological polar surface area (TPSA) is 72.2 Å². The van der Waals surface area contributed by atoms with Gasteiger partial charge in [-0.15, -0.1) is 0 Å². The lowest BCUT2D eigenvalue weighted by Crippen LogP contribution is -2.15. The monoisotopic (exact) mass is 328 g/mol. The molecule has 0 fully saturated rings. The molecular weight excluding hydrogens is 315 g/mol. The van der Waals surface area contributed by atoms with Crippen molar-refractivity contribution < 1.29 is 12.8 Å². The second-order valence-electron chi connectivity index (χ2n) is 4.46. The SMILES string of the molecule is CCc1ccc(N)cc1S(=O)(=O)Nc1ccc(F)c(Cl)c1. The van der Waals surface area contributed by atoms with E-state index in [9.17, 15) is 12.8 Å². The minimum absolute atomic E-state index is 0.102. The lowest BCUT2D eigenvalue weighted by molar-refractivity contribution is 0.600. The summed E-state index contributed by atoms with van der Waals surface area (Å²) < 4.78 is 40.3. The van der Waals surface area contributed by atoms with Crippen LogP contribution < -0.4 is 10.5 Å². The number of hydrogen-bond acceptors (Lipinski definition) is 3. The highest BCUT2D eigenvalue weighted by Gasteiger charge is 2.18. The zero-order chi connectivity index (χ0) is 15.6. The molecule has 2 aromatic rings. The van der Waals surface area contributed by atoms with E-state index in [4.69, 9.17) is 17.3 Å². The molecular formula is C14H14ClFN2O2S. The van der Waals surface area contributed by atoms with Crippen molar-refractivity contribution in [3.05, 3.63) is 52.8 Å². The third-order valence-electron chi connectivity index (χ3n) is 2.93. The Morgan fingerprint density at radius 1 is 1.24 bits per heavy atom. The van der Waals surface area contributed by atoms with Crippen molar-refractivity contribution in [2.45, 2.75) is 18.2 Å². The third kappa shape index (κ3) is 3.46. The molecule has 0 aliphatic rings. The zero-order valence-electron chi connectivity index (χ0n) is 11.2. The summed E-state index contributed by atoms with van der Waals surface area (Å²) >= 11 is 5.64. The van der Waals surface area contributed by atoms with Gasteiger partial charge in [-0.3, -0.25) is 4.72 Å². The van der Waals surface area contributed by atoms with Gasteiger partial charge < -0.3 is 5.73 Å². The van der Waals surface area contributed by atoms with E-state index in [1.165, 1.54) is 18.2 Å². The number of sulfonamides is 1. The minimum atomic E-state index is -3.82. The number of halogens is 2. The Morgan fingerprint density at radius 2 is 1.95 bits per heavy atom. The van der Waals surface area contributed by atoms with Gasteiger partial charge in [0, 0.05) is 5.69 Å². The first kappa shape index (κ1) is 15.6. The van der Waals surface area contributed by atoms with E-state index >= 15 is 0 Å². The summed E-state index contributed by atoms with van der Waals surface area (Å²) in [4.78, 5) is 0.102. The smallest absolute Gasteiger partial charge is 0.262 e. The normalized spacial score (nSPS) is 11.4. The predicted molar refractivity (Wildman–Crippen MR) is 82.5 cm³/mol. The molecule has 3 N–H and O–H groups in total. The number of aryl methyl sites for hydroxylation is 1. The fraction of sp³-hybridized carbons (Fsp3) is 0.143. The summed E-state index contributed by atoms with van der Waals surface area (Å²) in [6.07, 6.45) is 0.542. The van der Waals surface area contributed by atoms with Gasteiger partial charge in [-0.1, -0.05) is 24.6 Å². The van der Waals surface area contributed by atoms with Crippen LogP contribution in [0.2, 0.25) is 5.02 Å². The molecule has 0 atom stereocenters. The van der Waals surface area contributed by atoms with Crippen molar-refractivity contribution in [1.82, 2.24) is 0 Å². The Hall–Kier alpha value is -1.79. The molecule has 0 spiro atoms. The van der Waals surface area contributed by atoms with E-state index in [0.29, 0.717) is 17.7 Å². The van der Waals surface area contributed by atoms with Crippen LogP contribution in [0.3, 0.4) is 0 Å². The fourth-order valence-electron chi connectivity index (χ4n) is 1.88. The second kappa shape index (κ2) is 5.91. The highest BCUT2D eigenvalue weighted by atomic mass is 35.5. The Kier molecular flexibility index (Phi) is 4.39. The Labute approximate surface area is 127 Å². The number of nitrogens with two attached hydrogens (primary N) is 1. The molecule has 4 nitrogen and oxygen atoms in total. The molecule has 0 radical (unpaired) electrons. The quantitative estimate of drug-likeness (QED) is 0.845. The summed E-state index contributed by atoms with van der Waals surface area (Å²) in [6, 6.07) is 8.32. The summed E-state index contributed by atoms with van der Waals surface area (Å²) in [5.74, 6) is -0.613. The van der Waals surface area contributed by atoms with Crippen LogP contribution in [0.5, 0.6) is 0 Å². The molecule has 7 heteroatoms. The molecule has 21 heavy (non-hydrogen) atoms. The van der Waals surface area contributed by atoms with Crippen LogP contribution in [0, 0.1) is 5.82 Å². The van der Waals surface area contributed by atoms with E-state index < -0.39 is 15.8 Å². The van der Waals surface area contributed by atoms with Gasteiger partial charge >= 0.3 is 0 Å². The largest absolute Gasteiger partial charge is 0.399 e. The maximum absolute atomic E-state index is 13.1. The summed E-state index contributed by atoms with van der Waals surface area (Å²) in [6.45, 7) is 1.85. The number of rotatable bonds is 4. The first-order valence-electron chi connectivity index (χ1n) is 6.19. The van der Waals surface area contributed by atoms with Crippen molar-refractivity contribution in [3.63, 3.8) is 0 Å². The van der Waals surface area contributed by atoms with Crippen LogP contribution in [0.15, 0.2) is 41.3 Å². The minimum Gasteiger partial charge on any atom is -0.399 e. The molecule has 0 aliphatic carbocycles. The number of hydrogen-bond donors (Lipinski definition) is 2. The van der Waals surface area contributed by atoms with Gasteiger partial charge in [0.1, 0.15) is 5.82 Å². The van der Waals surface area contributed by atoms with Crippen molar-refractivity contribution >= 4 is 33.0 Å². The molecule has 0 amide bonds. The number of anilines is 2. The number of nitrogen functional groups attached to an aromatic ring is 1. The lowest BCUT2D eigenvalue weighted by Gasteiger charge is -2.12. The van der Waals surface area contributed by atoms with Gasteiger partial charge in [-0.2, -0.15) is 0 Å². The van der Waals surface area contributed by atoms with E-state index in [2.05, 4.69) is 4.72 Å². The van der Waals surface area contributed by atoms with Crippen LogP contribution >= 0.6 is 11.6 Å². The molecule has 0 unspecified atom stereocenters. The van der Waals surface area contributed by atoms with E-state index in [1.807, 2.05) is 6.92 Å². The van der Waals surface area contributed by atoms with Crippen molar-refractivity contribution in [1.29, 1.82) is 0 Å². The van der Waals surface area contributed by atoms with Crippen LogP contribution in [-0.4, -0.2) is 8.42 Å². The maximum atomic E-state index is 13.1. The second-order valence-corrected chi connectivity index (χ2v) is 6.51. The maximum Gasteiger partial charge on any atom is 0.262 e. The molecule has 112 valence electrons. The van der Waals surface area contributed by atoms with Crippen LogP contribution in [0.4, 0.5) is 15.8 Å². The average Bonchev–Trinajstić information content (AvgIpc) is 2.42. The van der Waals surface area contributed by atoms with Gasteiger partial charge in [-0.05, 0) is 42.3 Å². The summed E-state index contributed by atoms with van der Waals surface area (Å²) in [5.41, 5.74) is 6.83. The van der Waals surface area contributed by atoms with Crippen molar-refractivity contribution in [2.24, 2.45) is 0 Å². The standard InChI is InChI=1S/C14H14ClFN2O2S/c1-2-9-3-4-10(17)7-14(9)21(19,20)18-11-5-6-13(16)12(15)8-11/h3-8,18H,2,17H2,1H3. The summed E-state index contributed by atoms with van der Waals surface area (Å²) in [5, 5.41) is -0.154. The first-order valence-corrected chi connectivity index (χ1v) is 8.06. The first-order chi connectivity index (χ1) is 9.83. The lowest BCUT2D eigenvalue weighted by atomic mass is 10.1. The highest BCUT2D eigenvalue weighted by molar-refractivity contribution is 7.92.